The molecule has 1 N–H and O–H groups in total. The van der Waals surface area contributed by atoms with E-state index in [0.717, 1.165) is 24.1 Å². The first-order chi connectivity index (χ1) is 11.7. The second-order valence-corrected chi connectivity index (χ2v) is 6.70. The van der Waals surface area contributed by atoms with E-state index in [-0.39, 0.29) is 11.8 Å². The normalized spacial score (nSPS) is 15.8. The van der Waals surface area contributed by atoms with E-state index in [2.05, 4.69) is 20.3 Å². The molecule has 1 saturated heterocycles. The maximum absolute atomic E-state index is 12.8. The van der Waals surface area contributed by atoms with Crippen LogP contribution in [0.1, 0.15) is 40.8 Å². The highest BCUT2D eigenvalue weighted by Crippen LogP contribution is 2.29. The summed E-state index contributed by atoms with van der Waals surface area (Å²) in [6, 6.07) is 1.99. The van der Waals surface area contributed by atoms with Gasteiger partial charge >= 0.3 is 0 Å². The van der Waals surface area contributed by atoms with E-state index < -0.39 is 0 Å². The Morgan fingerprint density at radius 1 is 1.42 bits per heavy atom. The predicted molar refractivity (Wildman–Crippen MR) is 88.8 cm³/mol. The van der Waals surface area contributed by atoms with E-state index in [9.17, 15) is 4.79 Å². The fraction of sp³-hybridized carbons (Fsp3) is 0.375. The Bertz CT molecular complexity index is 830. The van der Waals surface area contributed by atoms with Crippen LogP contribution in [0.15, 0.2) is 27.5 Å². The summed E-state index contributed by atoms with van der Waals surface area (Å²) in [6.07, 6.45) is 3.28. The highest BCUT2D eigenvalue weighted by atomic mass is 32.1. The number of aromatic nitrogens is 4. The lowest BCUT2D eigenvalue weighted by atomic mass is 9.96. The fourth-order valence-corrected chi connectivity index (χ4v) is 3.70. The minimum Gasteiger partial charge on any atom is -0.339 e. The molecule has 124 valence electrons. The Labute approximate surface area is 142 Å². The number of hydrogen-bond donors (Lipinski definition) is 1. The molecule has 4 heterocycles. The SMILES string of the molecule is Cc1noc(C2CCN(C(=O)c3cn[nH]c3-c3ccsc3)CC2)n1. The average molecular weight is 343 g/mol. The monoisotopic (exact) mass is 343 g/mol. The molecule has 8 heteroatoms. The summed E-state index contributed by atoms with van der Waals surface area (Å²) >= 11 is 1.60. The molecule has 0 radical (unpaired) electrons. The van der Waals surface area contributed by atoms with Crippen LogP contribution in [0.2, 0.25) is 0 Å². The molecule has 4 rings (SSSR count). The van der Waals surface area contributed by atoms with Crippen molar-refractivity contribution in [1.29, 1.82) is 0 Å². The van der Waals surface area contributed by atoms with E-state index in [0.29, 0.717) is 30.4 Å². The fourth-order valence-electron chi connectivity index (χ4n) is 3.05. The lowest BCUT2D eigenvalue weighted by molar-refractivity contribution is 0.0705. The number of H-pyrrole nitrogens is 1. The van der Waals surface area contributed by atoms with Crippen molar-refractivity contribution < 1.29 is 9.32 Å². The first-order valence-electron chi connectivity index (χ1n) is 7.88. The van der Waals surface area contributed by atoms with Crippen LogP contribution in [-0.2, 0) is 0 Å². The third-order valence-corrected chi connectivity index (χ3v) is 5.04. The zero-order valence-corrected chi connectivity index (χ0v) is 14.0. The number of thiophene rings is 1. The van der Waals surface area contributed by atoms with Crippen molar-refractivity contribution >= 4 is 17.2 Å². The zero-order valence-electron chi connectivity index (χ0n) is 13.2. The number of piperidine rings is 1. The van der Waals surface area contributed by atoms with Gasteiger partial charge in [0.2, 0.25) is 5.89 Å². The lowest BCUT2D eigenvalue weighted by Gasteiger charge is -2.30. The molecular formula is C16H17N5O2S. The summed E-state index contributed by atoms with van der Waals surface area (Å²) in [7, 11) is 0. The third kappa shape index (κ3) is 2.73. The molecule has 1 aliphatic rings. The molecule has 1 aliphatic heterocycles. The van der Waals surface area contributed by atoms with Crippen molar-refractivity contribution in [2.75, 3.05) is 13.1 Å². The number of carbonyl (C=O) groups is 1. The van der Waals surface area contributed by atoms with Crippen molar-refractivity contribution in [3.05, 3.63) is 40.3 Å². The first kappa shape index (κ1) is 15.1. The number of hydrogen-bond acceptors (Lipinski definition) is 6. The van der Waals surface area contributed by atoms with Gasteiger partial charge in [-0.05, 0) is 31.2 Å². The van der Waals surface area contributed by atoms with Gasteiger partial charge in [0, 0.05) is 30.0 Å². The van der Waals surface area contributed by atoms with Crippen LogP contribution in [0, 0.1) is 6.92 Å². The number of rotatable bonds is 3. The smallest absolute Gasteiger partial charge is 0.257 e. The second-order valence-electron chi connectivity index (χ2n) is 5.92. The zero-order chi connectivity index (χ0) is 16.5. The molecule has 0 saturated carbocycles. The number of aromatic amines is 1. The molecule has 1 amide bonds. The van der Waals surface area contributed by atoms with E-state index in [4.69, 9.17) is 4.52 Å². The van der Waals surface area contributed by atoms with Crippen LogP contribution < -0.4 is 0 Å². The van der Waals surface area contributed by atoms with Gasteiger partial charge in [0.15, 0.2) is 5.82 Å². The largest absolute Gasteiger partial charge is 0.339 e. The summed E-state index contributed by atoms with van der Waals surface area (Å²) in [5, 5.41) is 14.8. The first-order valence-corrected chi connectivity index (χ1v) is 8.82. The standard InChI is InChI=1S/C16H17N5O2S/c1-10-18-15(23-20-10)11-2-5-21(6-3-11)16(22)13-8-17-19-14(13)12-4-7-24-9-12/h4,7-9,11H,2-3,5-6H2,1H3,(H,17,19). The summed E-state index contributed by atoms with van der Waals surface area (Å²) in [4.78, 5) is 19.0. The topological polar surface area (TPSA) is 87.9 Å². The maximum Gasteiger partial charge on any atom is 0.257 e. The van der Waals surface area contributed by atoms with Gasteiger partial charge in [0.1, 0.15) is 0 Å². The van der Waals surface area contributed by atoms with E-state index >= 15 is 0 Å². The minimum atomic E-state index is 0.0186. The number of carbonyl (C=O) groups excluding carboxylic acids is 1. The Hall–Kier alpha value is -2.48. The number of nitrogens with zero attached hydrogens (tertiary/aromatic N) is 4. The molecule has 3 aromatic rings. The molecule has 3 aromatic heterocycles. The van der Waals surface area contributed by atoms with Crippen LogP contribution in [0.4, 0.5) is 0 Å². The molecule has 0 aliphatic carbocycles. The van der Waals surface area contributed by atoms with Crippen molar-refractivity contribution in [2.45, 2.75) is 25.7 Å². The quantitative estimate of drug-likeness (QED) is 0.790. The molecule has 1 fully saturated rings. The second kappa shape index (κ2) is 6.20. The van der Waals surface area contributed by atoms with Crippen LogP contribution in [-0.4, -0.2) is 44.2 Å². The van der Waals surface area contributed by atoms with Gasteiger partial charge in [0.05, 0.1) is 17.5 Å². The molecule has 0 aromatic carbocycles. The number of aryl methyl sites for hydroxylation is 1. The minimum absolute atomic E-state index is 0.0186. The van der Waals surface area contributed by atoms with E-state index in [1.165, 1.54) is 0 Å². The van der Waals surface area contributed by atoms with Gasteiger partial charge in [-0.15, -0.1) is 0 Å². The van der Waals surface area contributed by atoms with Gasteiger partial charge in [-0.25, -0.2) is 0 Å². The summed E-state index contributed by atoms with van der Waals surface area (Å²) in [5.41, 5.74) is 2.41. The van der Waals surface area contributed by atoms with Crippen LogP contribution >= 0.6 is 11.3 Å². The highest BCUT2D eigenvalue weighted by Gasteiger charge is 2.29. The van der Waals surface area contributed by atoms with Crippen molar-refractivity contribution in [1.82, 2.24) is 25.2 Å². The Morgan fingerprint density at radius 3 is 2.92 bits per heavy atom. The van der Waals surface area contributed by atoms with Gasteiger partial charge in [-0.3, -0.25) is 9.89 Å². The molecule has 0 bridgehead atoms. The number of likely N-dealkylation sites (tertiary alicyclic amines) is 1. The van der Waals surface area contributed by atoms with Gasteiger partial charge in [-0.2, -0.15) is 21.4 Å². The summed E-state index contributed by atoms with van der Waals surface area (Å²) < 4.78 is 5.26. The molecule has 7 nitrogen and oxygen atoms in total. The van der Waals surface area contributed by atoms with Crippen LogP contribution in [0.25, 0.3) is 11.3 Å². The molecule has 0 spiro atoms. The van der Waals surface area contributed by atoms with Crippen molar-refractivity contribution in [2.24, 2.45) is 0 Å². The lowest BCUT2D eigenvalue weighted by Crippen LogP contribution is -2.38. The van der Waals surface area contributed by atoms with Crippen molar-refractivity contribution in [3.63, 3.8) is 0 Å². The number of amides is 1. The Kier molecular flexibility index (Phi) is 3.89. The van der Waals surface area contributed by atoms with Gasteiger partial charge in [0.25, 0.3) is 5.91 Å². The molecule has 24 heavy (non-hydrogen) atoms. The highest BCUT2D eigenvalue weighted by molar-refractivity contribution is 7.08. The van der Waals surface area contributed by atoms with Gasteiger partial charge < -0.3 is 9.42 Å². The van der Waals surface area contributed by atoms with Gasteiger partial charge in [-0.1, -0.05) is 5.16 Å². The molecular weight excluding hydrogens is 326 g/mol. The number of nitrogens with one attached hydrogen (secondary N) is 1. The molecule has 0 unspecified atom stereocenters. The Morgan fingerprint density at radius 2 is 2.25 bits per heavy atom. The molecule has 0 atom stereocenters. The van der Waals surface area contributed by atoms with Crippen LogP contribution in [0.3, 0.4) is 0 Å². The summed E-state index contributed by atoms with van der Waals surface area (Å²) in [6.45, 7) is 3.18. The Balaban J connectivity index is 1.46. The van der Waals surface area contributed by atoms with Crippen LogP contribution in [0.5, 0.6) is 0 Å². The van der Waals surface area contributed by atoms with E-state index in [1.54, 1.807) is 17.5 Å². The predicted octanol–water partition coefficient (Wildman–Crippen LogP) is 2.85. The van der Waals surface area contributed by atoms with E-state index in [1.807, 2.05) is 28.7 Å². The summed E-state index contributed by atoms with van der Waals surface area (Å²) in [5.74, 6) is 1.59. The average Bonchev–Trinajstić information content (AvgIpc) is 3.35. The maximum atomic E-state index is 12.8. The third-order valence-electron chi connectivity index (χ3n) is 4.35. The van der Waals surface area contributed by atoms with Crippen molar-refractivity contribution in [3.8, 4) is 11.3 Å².